The van der Waals surface area contributed by atoms with Crippen LogP contribution in [0, 0.1) is 0 Å². The van der Waals surface area contributed by atoms with E-state index in [1.54, 1.807) is 7.11 Å². The molecule has 1 atom stereocenters. The third-order valence-corrected chi connectivity index (χ3v) is 5.31. The quantitative estimate of drug-likeness (QED) is 0.130. The Morgan fingerprint density at radius 2 is 2.04 bits per heavy atom. The molecule has 0 spiro atoms. The Morgan fingerprint density at radius 1 is 1.21 bits per heavy atom. The van der Waals surface area contributed by atoms with E-state index in [2.05, 4.69) is 20.3 Å². The van der Waals surface area contributed by atoms with Gasteiger partial charge in [0.1, 0.15) is 0 Å². The van der Waals surface area contributed by atoms with Crippen molar-refractivity contribution in [3.05, 3.63) is 0 Å². The van der Waals surface area contributed by atoms with Crippen LogP contribution in [0.15, 0.2) is 4.99 Å². The van der Waals surface area contributed by atoms with Gasteiger partial charge in [-0.1, -0.05) is 0 Å². The minimum atomic E-state index is -3.34. The lowest BCUT2D eigenvalue weighted by molar-refractivity contribution is 0.0200. The Kier molecular flexibility index (Phi) is 17.5. The molecule has 0 aromatic rings. The van der Waals surface area contributed by atoms with Crippen LogP contribution in [0.25, 0.3) is 0 Å². The van der Waals surface area contributed by atoms with Crippen LogP contribution in [-0.4, -0.2) is 86.0 Å². The van der Waals surface area contributed by atoms with Crippen LogP contribution in [-0.2, 0) is 24.2 Å². The summed E-state index contributed by atoms with van der Waals surface area (Å²) in [5, 5.41) is 6.16. The highest BCUT2D eigenvalue weighted by molar-refractivity contribution is 14.0. The fourth-order valence-corrected chi connectivity index (χ4v) is 3.46. The Bertz CT molecular complexity index is 502. The summed E-state index contributed by atoms with van der Waals surface area (Å²) in [5.74, 6) is 0.602. The molecular formula is C17H37IN4O5S. The predicted octanol–water partition coefficient (Wildman–Crippen LogP) is 0.701. The summed E-state index contributed by atoms with van der Waals surface area (Å²) < 4.78 is 42.7. The average Bonchev–Trinajstić information content (AvgIpc) is 2.66. The van der Waals surface area contributed by atoms with Gasteiger partial charge in [-0.3, -0.25) is 4.99 Å². The number of hydrogen-bond acceptors (Lipinski definition) is 6. The number of methoxy groups -OCH3 is 1. The number of nitrogens with zero attached hydrogens (tertiary/aromatic N) is 1. The highest BCUT2D eigenvalue weighted by atomic mass is 127. The molecule has 1 aliphatic heterocycles. The van der Waals surface area contributed by atoms with Crippen LogP contribution in [0.4, 0.5) is 0 Å². The molecule has 0 radical (unpaired) electrons. The maximum absolute atomic E-state index is 12.1. The second-order valence-electron chi connectivity index (χ2n) is 6.30. The van der Waals surface area contributed by atoms with Crippen molar-refractivity contribution in [2.75, 3.05) is 65.5 Å². The maximum atomic E-state index is 12.1. The van der Waals surface area contributed by atoms with Crippen molar-refractivity contribution in [3.8, 4) is 0 Å². The second-order valence-corrected chi connectivity index (χ2v) is 8.23. The van der Waals surface area contributed by atoms with Crippen LogP contribution in [0.2, 0.25) is 0 Å². The van der Waals surface area contributed by atoms with Gasteiger partial charge in [-0.05, 0) is 32.6 Å². The average molecular weight is 536 g/mol. The largest absolute Gasteiger partial charge is 0.382 e. The zero-order valence-corrected chi connectivity index (χ0v) is 20.2. The summed E-state index contributed by atoms with van der Waals surface area (Å²) in [4.78, 5) is 4.42. The summed E-state index contributed by atoms with van der Waals surface area (Å²) >= 11 is 0. The highest BCUT2D eigenvalue weighted by Crippen LogP contribution is 2.11. The number of ether oxygens (including phenoxy) is 3. The topological polar surface area (TPSA) is 110 Å². The molecule has 0 aromatic carbocycles. The van der Waals surface area contributed by atoms with Crippen molar-refractivity contribution in [2.45, 2.75) is 38.7 Å². The molecule has 1 saturated heterocycles. The third-order valence-electron chi connectivity index (χ3n) is 3.96. The van der Waals surface area contributed by atoms with Gasteiger partial charge in [-0.25, -0.2) is 13.1 Å². The van der Waals surface area contributed by atoms with E-state index < -0.39 is 10.0 Å². The number of rotatable bonds is 14. The minimum Gasteiger partial charge on any atom is -0.382 e. The van der Waals surface area contributed by atoms with Crippen molar-refractivity contribution in [3.63, 3.8) is 0 Å². The first-order chi connectivity index (χ1) is 13.1. The molecule has 1 aliphatic rings. The van der Waals surface area contributed by atoms with Gasteiger partial charge in [0.25, 0.3) is 0 Å². The standard InChI is InChI=1S/C17H36N4O5S.HI/c1-3-18-17(19-8-6-10-25-13-12-24-2)20-9-14-27(22,23)21-15-16-7-4-5-11-26-16;/h16,21H,3-15H2,1-2H3,(H2,18,19,20);1H. The molecule has 28 heavy (non-hydrogen) atoms. The molecular weight excluding hydrogens is 499 g/mol. The van der Waals surface area contributed by atoms with E-state index in [9.17, 15) is 8.42 Å². The van der Waals surface area contributed by atoms with Gasteiger partial charge < -0.3 is 24.8 Å². The van der Waals surface area contributed by atoms with Gasteiger partial charge in [0.2, 0.25) is 10.0 Å². The van der Waals surface area contributed by atoms with Crippen molar-refractivity contribution >= 4 is 40.0 Å². The van der Waals surface area contributed by atoms with Crippen LogP contribution < -0.4 is 15.4 Å². The molecule has 168 valence electrons. The molecule has 9 nitrogen and oxygen atoms in total. The van der Waals surface area contributed by atoms with Crippen molar-refractivity contribution in [1.82, 2.24) is 15.4 Å². The van der Waals surface area contributed by atoms with Crippen molar-refractivity contribution < 1.29 is 22.6 Å². The maximum Gasteiger partial charge on any atom is 0.213 e. The van der Waals surface area contributed by atoms with Gasteiger partial charge in [0.05, 0.1) is 25.1 Å². The van der Waals surface area contributed by atoms with Crippen molar-refractivity contribution in [1.29, 1.82) is 0 Å². The lowest BCUT2D eigenvalue weighted by Crippen LogP contribution is -2.42. The molecule has 0 aromatic heterocycles. The fourth-order valence-electron chi connectivity index (χ4n) is 2.51. The van der Waals surface area contributed by atoms with Crippen LogP contribution >= 0.6 is 24.0 Å². The van der Waals surface area contributed by atoms with Crippen LogP contribution in [0.1, 0.15) is 32.6 Å². The van der Waals surface area contributed by atoms with Gasteiger partial charge in [0.15, 0.2) is 5.96 Å². The molecule has 0 saturated carbocycles. The summed E-state index contributed by atoms with van der Waals surface area (Å²) in [6.45, 7) is 6.41. The third kappa shape index (κ3) is 14.7. The summed E-state index contributed by atoms with van der Waals surface area (Å²) in [7, 11) is -1.70. The van der Waals surface area contributed by atoms with E-state index >= 15 is 0 Å². The number of guanidine groups is 1. The van der Waals surface area contributed by atoms with E-state index in [1.807, 2.05) is 6.92 Å². The van der Waals surface area contributed by atoms with E-state index in [-0.39, 0.29) is 42.4 Å². The second kappa shape index (κ2) is 17.6. The first kappa shape index (κ1) is 27.8. The molecule has 0 aliphatic carbocycles. The van der Waals surface area contributed by atoms with Gasteiger partial charge in [-0.2, -0.15) is 0 Å². The Labute approximate surface area is 186 Å². The number of sulfonamides is 1. The number of nitrogens with one attached hydrogen (secondary N) is 3. The molecule has 1 rings (SSSR count). The Hall–Kier alpha value is -0.210. The smallest absolute Gasteiger partial charge is 0.213 e. The minimum absolute atomic E-state index is 0. The highest BCUT2D eigenvalue weighted by Gasteiger charge is 2.17. The van der Waals surface area contributed by atoms with E-state index in [0.29, 0.717) is 52.0 Å². The number of hydrogen-bond donors (Lipinski definition) is 3. The predicted molar refractivity (Wildman–Crippen MR) is 122 cm³/mol. The molecule has 0 bridgehead atoms. The van der Waals surface area contributed by atoms with Crippen LogP contribution in [0.3, 0.4) is 0 Å². The van der Waals surface area contributed by atoms with E-state index in [1.165, 1.54) is 0 Å². The first-order valence-corrected chi connectivity index (χ1v) is 11.4. The summed E-state index contributed by atoms with van der Waals surface area (Å²) in [6.07, 6.45) is 3.84. The van der Waals surface area contributed by atoms with E-state index in [4.69, 9.17) is 14.2 Å². The van der Waals surface area contributed by atoms with E-state index in [0.717, 1.165) is 25.7 Å². The van der Waals surface area contributed by atoms with Crippen molar-refractivity contribution in [2.24, 2.45) is 4.99 Å². The zero-order valence-electron chi connectivity index (χ0n) is 17.1. The van der Waals surface area contributed by atoms with Gasteiger partial charge in [0, 0.05) is 46.5 Å². The fraction of sp³-hybridized carbons (Fsp3) is 0.941. The summed E-state index contributed by atoms with van der Waals surface area (Å²) in [5.41, 5.74) is 0. The van der Waals surface area contributed by atoms with Gasteiger partial charge in [-0.15, -0.1) is 24.0 Å². The van der Waals surface area contributed by atoms with Crippen LogP contribution in [0.5, 0.6) is 0 Å². The molecule has 0 amide bonds. The molecule has 1 heterocycles. The normalized spacial score (nSPS) is 17.8. The lowest BCUT2D eigenvalue weighted by atomic mass is 10.1. The zero-order chi connectivity index (χ0) is 19.8. The number of halogens is 1. The summed E-state index contributed by atoms with van der Waals surface area (Å²) in [6, 6.07) is 0. The lowest BCUT2D eigenvalue weighted by Gasteiger charge is -2.22. The number of aliphatic imine (C=N–C) groups is 1. The molecule has 11 heteroatoms. The molecule has 3 N–H and O–H groups in total. The van der Waals surface area contributed by atoms with Gasteiger partial charge >= 0.3 is 0 Å². The molecule has 1 unspecified atom stereocenters. The Morgan fingerprint density at radius 3 is 2.71 bits per heavy atom. The SMILES string of the molecule is CCNC(=NCCCOCCOC)NCCS(=O)(=O)NCC1CCCCO1.I. The monoisotopic (exact) mass is 536 g/mol. The Balaban J connectivity index is 0.00000729. The molecule has 1 fully saturated rings. The first-order valence-electron chi connectivity index (χ1n) is 9.75.